The summed E-state index contributed by atoms with van der Waals surface area (Å²) in [7, 11) is -2.19. The Hall–Kier alpha value is -2.35. The molecule has 0 unspecified atom stereocenters. The number of benzene rings is 1. The highest BCUT2D eigenvalue weighted by Gasteiger charge is 2.22. The number of aromatic nitrogens is 2. The summed E-state index contributed by atoms with van der Waals surface area (Å²) in [6.07, 6.45) is 2.26. The maximum Gasteiger partial charge on any atom is 0.263 e. The molecule has 122 valence electrons. The molecule has 2 aromatic rings. The predicted molar refractivity (Wildman–Crippen MR) is 87.2 cm³/mol. The molecule has 0 amide bonds. The smallest absolute Gasteiger partial charge is 0.263 e. The minimum atomic E-state index is -3.72. The first-order valence-corrected chi connectivity index (χ1v) is 8.74. The van der Waals surface area contributed by atoms with Crippen molar-refractivity contribution >= 4 is 21.7 Å². The zero-order valence-corrected chi connectivity index (χ0v) is 13.7. The van der Waals surface area contributed by atoms with Crippen LogP contribution < -0.4 is 14.8 Å². The summed E-state index contributed by atoms with van der Waals surface area (Å²) >= 11 is 0. The zero-order valence-electron chi connectivity index (χ0n) is 12.9. The van der Waals surface area contributed by atoms with Gasteiger partial charge in [0.15, 0.2) is 5.82 Å². The fourth-order valence-corrected chi connectivity index (χ4v) is 3.37. The maximum atomic E-state index is 12.5. The minimum Gasteiger partial charge on any atom is -0.497 e. The monoisotopic (exact) mass is 334 g/mol. The van der Waals surface area contributed by atoms with Gasteiger partial charge in [-0.3, -0.25) is 4.72 Å². The van der Waals surface area contributed by atoms with Gasteiger partial charge in [0.2, 0.25) is 0 Å². The van der Waals surface area contributed by atoms with E-state index in [0.29, 0.717) is 23.2 Å². The van der Waals surface area contributed by atoms with Crippen LogP contribution in [0.25, 0.3) is 0 Å². The van der Waals surface area contributed by atoms with Crippen LogP contribution in [-0.2, 0) is 10.0 Å². The Morgan fingerprint density at radius 3 is 2.39 bits per heavy atom. The van der Waals surface area contributed by atoms with E-state index >= 15 is 0 Å². The lowest BCUT2D eigenvalue weighted by Crippen LogP contribution is -2.16. The molecule has 0 aliphatic heterocycles. The molecule has 0 spiro atoms. The van der Waals surface area contributed by atoms with Crippen molar-refractivity contribution in [3.8, 4) is 5.75 Å². The highest BCUT2D eigenvalue weighted by atomic mass is 32.2. The molecule has 1 aliphatic rings. The van der Waals surface area contributed by atoms with Crippen molar-refractivity contribution in [1.29, 1.82) is 0 Å². The van der Waals surface area contributed by atoms with Crippen molar-refractivity contribution in [2.45, 2.75) is 30.7 Å². The van der Waals surface area contributed by atoms with Crippen LogP contribution >= 0.6 is 0 Å². The third-order valence-corrected chi connectivity index (χ3v) is 5.02. The molecule has 0 atom stereocenters. The molecule has 2 N–H and O–H groups in total. The average Bonchev–Trinajstić information content (AvgIpc) is 3.32. The third-order valence-electron chi connectivity index (χ3n) is 3.50. The quantitative estimate of drug-likeness (QED) is 0.841. The SMILES string of the molecule is COc1ccc(S(=O)(=O)Nc2ccc(NC3CC3)nn2)c(C)c1. The van der Waals surface area contributed by atoms with Crippen molar-refractivity contribution < 1.29 is 13.2 Å². The van der Waals surface area contributed by atoms with E-state index < -0.39 is 10.0 Å². The van der Waals surface area contributed by atoms with Crippen molar-refractivity contribution in [2.75, 3.05) is 17.1 Å². The normalized spacial score (nSPS) is 14.3. The van der Waals surface area contributed by atoms with Gasteiger partial charge in [-0.15, -0.1) is 10.2 Å². The Labute approximate surface area is 135 Å². The minimum absolute atomic E-state index is 0.181. The van der Waals surface area contributed by atoms with Gasteiger partial charge in [-0.2, -0.15) is 0 Å². The summed E-state index contributed by atoms with van der Waals surface area (Å²) < 4.78 is 32.4. The van der Waals surface area contributed by atoms with Gasteiger partial charge in [0.05, 0.1) is 12.0 Å². The standard InChI is InChI=1S/C15H18N4O3S/c1-10-9-12(22-2)5-6-13(10)23(20,21)19-15-8-7-14(17-18-15)16-11-3-4-11/h5-9,11H,3-4H2,1-2H3,(H,16,17)(H,18,19). The van der Waals surface area contributed by atoms with E-state index in [0.717, 1.165) is 12.8 Å². The summed E-state index contributed by atoms with van der Waals surface area (Å²) in [5.74, 6) is 1.44. The number of ether oxygens (including phenoxy) is 1. The zero-order chi connectivity index (χ0) is 16.4. The van der Waals surface area contributed by atoms with Gasteiger partial charge in [0, 0.05) is 6.04 Å². The topological polar surface area (TPSA) is 93.2 Å². The highest BCUT2D eigenvalue weighted by molar-refractivity contribution is 7.92. The molecule has 1 heterocycles. The van der Waals surface area contributed by atoms with Gasteiger partial charge in [-0.1, -0.05) is 0 Å². The maximum absolute atomic E-state index is 12.5. The number of aryl methyl sites for hydroxylation is 1. The van der Waals surface area contributed by atoms with Crippen LogP contribution in [0.4, 0.5) is 11.6 Å². The molecule has 1 aliphatic carbocycles. The van der Waals surface area contributed by atoms with Crippen LogP contribution in [0.5, 0.6) is 5.75 Å². The van der Waals surface area contributed by atoms with E-state index in [1.54, 1.807) is 31.2 Å². The van der Waals surface area contributed by atoms with Crippen molar-refractivity contribution in [2.24, 2.45) is 0 Å². The second-order valence-electron chi connectivity index (χ2n) is 5.46. The Balaban J connectivity index is 1.77. The lowest BCUT2D eigenvalue weighted by molar-refractivity contribution is 0.414. The first kappa shape index (κ1) is 15.5. The van der Waals surface area contributed by atoms with Gasteiger partial charge < -0.3 is 10.1 Å². The van der Waals surface area contributed by atoms with Crippen LogP contribution in [-0.4, -0.2) is 31.8 Å². The largest absolute Gasteiger partial charge is 0.497 e. The number of sulfonamides is 1. The summed E-state index contributed by atoms with van der Waals surface area (Å²) in [5.41, 5.74) is 0.594. The molecule has 1 aromatic carbocycles. The summed E-state index contributed by atoms with van der Waals surface area (Å²) in [6.45, 7) is 1.71. The number of nitrogens with one attached hydrogen (secondary N) is 2. The Bertz CT molecular complexity index is 802. The van der Waals surface area contributed by atoms with Crippen LogP contribution in [0.3, 0.4) is 0 Å². The molecule has 1 saturated carbocycles. The second-order valence-corrected chi connectivity index (χ2v) is 7.11. The first-order valence-electron chi connectivity index (χ1n) is 7.26. The highest BCUT2D eigenvalue weighted by Crippen LogP contribution is 2.25. The fourth-order valence-electron chi connectivity index (χ4n) is 2.14. The van der Waals surface area contributed by atoms with Gasteiger partial charge in [0.1, 0.15) is 11.6 Å². The Morgan fingerprint density at radius 2 is 1.83 bits per heavy atom. The molecule has 8 heteroatoms. The fraction of sp³-hybridized carbons (Fsp3) is 0.333. The molecule has 1 aromatic heterocycles. The van der Waals surface area contributed by atoms with Crippen molar-refractivity contribution in [3.63, 3.8) is 0 Å². The summed E-state index contributed by atoms with van der Waals surface area (Å²) in [5, 5.41) is 11.1. The molecular weight excluding hydrogens is 316 g/mol. The lowest BCUT2D eigenvalue weighted by atomic mass is 10.2. The van der Waals surface area contributed by atoms with E-state index in [4.69, 9.17) is 4.74 Å². The van der Waals surface area contributed by atoms with Crippen LogP contribution in [0.15, 0.2) is 35.2 Å². The van der Waals surface area contributed by atoms with E-state index in [1.165, 1.54) is 13.2 Å². The average molecular weight is 334 g/mol. The summed E-state index contributed by atoms with van der Waals surface area (Å²) in [6, 6.07) is 8.55. The molecule has 0 saturated heterocycles. The second kappa shape index (κ2) is 6.04. The number of nitrogens with zero attached hydrogens (tertiary/aromatic N) is 2. The van der Waals surface area contributed by atoms with Crippen LogP contribution in [0.1, 0.15) is 18.4 Å². The van der Waals surface area contributed by atoms with Crippen LogP contribution in [0, 0.1) is 6.92 Å². The predicted octanol–water partition coefficient (Wildman–Crippen LogP) is 2.17. The lowest BCUT2D eigenvalue weighted by Gasteiger charge is -2.11. The number of hydrogen-bond acceptors (Lipinski definition) is 6. The van der Waals surface area contributed by atoms with E-state index in [9.17, 15) is 8.42 Å². The van der Waals surface area contributed by atoms with Crippen molar-refractivity contribution in [3.05, 3.63) is 35.9 Å². The van der Waals surface area contributed by atoms with Gasteiger partial charge in [0.25, 0.3) is 10.0 Å². The van der Waals surface area contributed by atoms with E-state index in [2.05, 4.69) is 20.2 Å². The van der Waals surface area contributed by atoms with Gasteiger partial charge in [-0.05, 0) is 55.7 Å². The van der Waals surface area contributed by atoms with Crippen molar-refractivity contribution in [1.82, 2.24) is 10.2 Å². The van der Waals surface area contributed by atoms with Crippen LogP contribution in [0.2, 0.25) is 0 Å². The molecule has 7 nitrogen and oxygen atoms in total. The van der Waals surface area contributed by atoms with Gasteiger partial charge >= 0.3 is 0 Å². The molecular formula is C15H18N4O3S. The molecule has 23 heavy (non-hydrogen) atoms. The first-order chi connectivity index (χ1) is 11.0. The number of anilines is 2. The Morgan fingerprint density at radius 1 is 1.13 bits per heavy atom. The molecule has 3 rings (SSSR count). The number of methoxy groups -OCH3 is 1. The molecule has 0 radical (unpaired) electrons. The summed E-state index contributed by atoms with van der Waals surface area (Å²) in [4.78, 5) is 0.181. The number of rotatable bonds is 6. The molecule has 0 bridgehead atoms. The Kier molecular flexibility index (Phi) is 4.08. The third kappa shape index (κ3) is 3.70. The number of hydrogen-bond donors (Lipinski definition) is 2. The van der Waals surface area contributed by atoms with E-state index in [-0.39, 0.29) is 10.7 Å². The van der Waals surface area contributed by atoms with E-state index in [1.807, 2.05) is 0 Å². The molecule has 1 fully saturated rings. The van der Waals surface area contributed by atoms with Gasteiger partial charge in [-0.25, -0.2) is 8.42 Å².